The molecule has 2 rings (SSSR count). The minimum atomic E-state index is 0.668. The van der Waals surface area contributed by atoms with Crippen LogP contribution in [-0.2, 0) is 0 Å². The molecule has 0 fully saturated rings. The van der Waals surface area contributed by atoms with Crippen LogP contribution in [0.4, 0.5) is 0 Å². The monoisotopic (exact) mass is 281 g/mol. The zero-order valence-electron chi connectivity index (χ0n) is 11.8. The van der Waals surface area contributed by atoms with Crippen LogP contribution >= 0.6 is 11.8 Å². The van der Waals surface area contributed by atoms with Crippen LogP contribution in [0.1, 0.15) is 20.3 Å². The molecule has 0 amide bonds. The number of benzene rings is 1. The van der Waals surface area contributed by atoms with Crippen LogP contribution in [0.25, 0.3) is 0 Å². The quantitative estimate of drug-likeness (QED) is 0.811. The van der Waals surface area contributed by atoms with Crippen LogP contribution in [0.15, 0.2) is 23.1 Å². The second-order valence-electron chi connectivity index (χ2n) is 4.88. The van der Waals surface area contributed by atoms with Crippen molar-refractivity contribution in [2.75, 3.05) is 32.1 Å². The number of hydrogen-bond acceptors (Lipinski definition) is 4. The Kier molecular flexibility index (Phi) is 5.86. The summed E-state index contributed by atoms with van der Waals surface area (Å²) >= 11 is 1.88. The van der Waals surface area contributed by atoms with Crippen molar-refractivity contribution in [1.29, 1.82) is 0 Å². The molecule has 1 aliphatic rings. The fraction of sp³-hybridized carbons (Fsp3) is 0.600. The van der Waals surface area contributed by atoms with Crippen LogP contribution < -0.4 is 14.8 Å². The van der Waals surface area contributed by atoms with Crippen molar-refractivity contribution in [3.63, 3.8) is 0 Å². The lowest BCUT2D eigenvalue weighted by atomic mass is 10.2. The molecule has 1 aromatic rings. The van der Waals surface area contributed by atoms with Gasteiger partial charge in [-0.3, -0.25) is 0 Å². The highest BCUT2D eigenvalue weighted by Crippen LogP contribution is 2.34. The zero-order chi connectivity index (χ0) is 13.5. The van der Waals surface area contributed by atoms with Crippen LogP contribution in [0.5, 0.6) is 11.5 Å². The maximum atomic E-state index is 5.71. The Morgan fingerprint density at radius 2 is 2.05 bits per heavy atom. The highest BCUT2D eigenvalue weighted by atomic mass is 32.2. The maximum Gasteiger partial charge on any atom is 0.162 e. The van der Waals surface area contributed by atoms with E-state index < -0.39 is 0 Å². The van der Waals surface area contributed by atoms with Gasteiger partial charge in [0.1, 0.15) is 0 Å². The molecule has 1 aromatic carbocycles. The van der Waals surface area contributed by atoms with E-state index in [1.165, 1.54) is 4.90 Å². The average Bonchev–Trinajstić information content (AvgIpc) is 2.67. The van der Waals surface area contributed by atoms with Crippen LogP contribution in [0.2, 0.25) is 0 Å². The normalized spacial score (nSPS) is 15.9. The number of fused-ring (bicyclic) bond motifs is 1. The lowest BCUT2D eigenvalue weighted by Crippen LogP contribution is -2.21. The van der Waals surface area contributed by atoms with Gasteiger partial charge >= 0.3 is 0 Å². The van der Waals surface area contributed by atoms with E-state index >= 15 is 0 Å². The number of thioether (sulfide) groups is 1. The van der Waals surface area contributed by atoms with Gasteiger partial charge in [-0.05, 0) is 37.2 Å². The van der Waals surface area contributed by atoms with Gasteiger partial charge in [0.05, 0.1) is 13.2 Å². The zero-order valence-corrected chi connectivity index (χ0v) is 12.6. The summed E-state index contributed by atoms with van der Waals surface area (Å²) in [6.07, 6.45) is 0.955. The number of hydrogen-bond donors (Lipinski definition) is 1. The molecule has 0 saturated carbocycles. The van der Waals surface area contributed by atoms with Crippen molar-refractivity contribution in [3.05, 3.63) is 18.2 Å². The number of rotatable bonds is 6. The van der Waals surface area contributed by atoms with Crippen molar-refractivity contribution < 1.29 is 9.47 Å². The summed E-state index contributed by atoms with van der Waals surface area (Å²) in [7, 11) is 0. The molecular formula is C15H23NO2S. The number of ether oxygens (including phenoxy) is 2. The molecule has 0 bridgehead atoms. The fourth-order valence-electron chi connectivity index (χ4n) is 1.92. The van der Waals surface area contributed by atoms with Gasteiger partial charge in [0.25, 0.3) is 0 Å². The summed E-state index contributed by atoms with van der Waals surface area (Å²) in [5, 5.41) is 3.38. The van der Waals surface area contributed by atoms with E-state index in [0.29, 0.717) is 5.92 Å². The fourth-order valence-corrected chi connectivity index (χ4v) is 2.87. The van der Waals surface area contributed by atoms with Crippen LogP contribution in [0, 0.1) is 5.92 Å². The summed E-state index contributed by atoms with van der Waals surface area (Å²) in [5.74, 6) is 3.55. The minimum Gasteiger partial charge on any atom is -0.490 e. The highest BCUT2D eigenvalue weighted by molar-refractivity contribution is 7.99. The molecule has 1 N–H and O–H groups in total. The standard InChI is InChI=1S/C15H23NO2S/c1-3-16-10-12(2)11-19-13-5-6-14-15(9-13)18-8-4-7-17-14/h5-6,9,12,16H,3-4,7-8,10-11H2,1-2H3. The largest absolute Gasteiger partial charge is 0.490 e. The van der Waals surface area contributed by atoms with E-state index in [9.17, 15) is 0 Å². The summed E-state index contributed by atoms with van der Waals surface area (Å²) in [5.41, 5.74) is 0. The summed E-state index contributed by atoms with van der Waals surface area (Å²) < 4.78 is 11.3. The van der Waals surface area contributed by atoms with Crippen molar-refractivity contribution in [2.24, 2.45) is 5.92 Å². The van der Waals surface area contributed by atoms with E-state index in [-0.39, 0.29) is 0 Å². The van der Waals surface area contributed by atoms with Crippen LogP contribution in [0.3, 0.4) is 0 Å². The lowest BCUT2D eigenvalue weighted by molar-refractivity contribution is 0.297. The molecule has 1 unspecified atom stereocenters. The maximum absolute atomic E-state index is 5.71. The topological polar surface area (TPSA) is 30.5 Å². The minimum absolute atomic E-state index is 0.668. The molecule has 0 saturated heterocycles. The Morgan fingerprint density at radius 1 is 1.26 bits per heavy atom. The van der Waals surface area contributed by atoms with E-state index in [4.69, 9.17) is 9.47 Å². The van der Waals surface area contributed by atoms with Gasteiger partial charge in [-0.15, -0.1) is 11.8 Å². The van der Waals surface area contributed by atoms with Gasteiger partial charge in [0.15, 0.2) is 11.5 Å². The molecule has 0 aromatic heterocycles. The molecule has 106 valence electrons. The second kappa shape index (κ2) is 7.65. The molecule has 0 radical (unpaired) electrons. The molecule has 0 spiro atoms. The summed E-state index contributed by atoms with van der Waals surface area (Å²) in [6.45, 7) is 8.03. The molecule has 3 nitrogen and oxygen atoms in total. The first-order valence-corrected chi connectivity index (χ1v) is 8.01. The molecular weight excluding hydrogens is 258 g/mol. The smallest absolute Gasteiger partial charge is 0.162 e. The van der Waals surface area contributed by atoms with Gasteiger partial charge in [-0.1, -0.05) is 13.8 Å². The first-order valence-electron chi connectivity index (χ1n) is 7.02. The molecule has 19 heavy (non-hydrogen) atoms. The molecule has 0 aliphatic carbocycles. The third-order valence-corrected chi connectivity index (χ3v) is 4.32. The SMILES string of the molecule is CCNCC(C)CSc1ccc2c(c1)OCCCO2. The van der Waals surface area contributed by atoms with Crippen molar-refractivity contribution in [1.82, 2.24) is 5.32 Å². The second-order valence-corrected chi connectivity index (χ2v) is 5.98. The third kappa shape index (κ3) is 4.62. The first-order chi connectivity index (χ1) is 9.29. The third-order valence-electron chi connectivity index (χ3n) is 3.00. The Morgan fingerprint density at radius 3 is 2.84 bits per heavy atom. The van der Waals surface area contributed by atoms with E-state index in [0.717, 1.165) is 50.0 Å². The molecule has 1 aliphatic heterocycles. The molecule has 1 heterocycles. The van der Waals surface area contributed by atoms with E-state index in [1.54, 1.807) is 0 Å². The Labute approximate surface area is 120 Å². The van der Waals surface area contributed by atoms with Crippen molar-refractivity contribution >= 4 is 11.8 Å². The van der Waals surface area contributed by atoms with E-state index in [2.05, 4.69) is 31.3 Å². The van der Waals surface area contributed by atoms with Gasteiger partial charge in [0.2, 0.25) is 0 Å². The van der Waals surface area contributed by atoms with Gasteiger partial charge in [0, 0.05) is 17.1 Å². The van der Waals surface area contributed by atoms with Gasteiger partial charge in [-0.25, -0.2) is 0 Å². The summed E-state index contributed by atoms with van der Waals surface area (Å²) in [6, 6.07) is 6.25. The lowest BCUT2D eigenvalue weighted by Gasteiger charge is -2.12. The predicted molar refractivity (Wildman–Crippen MR) is 80.5 cm³/mol. The average molecular weight is 281 g/mol. The Balaban J connectivity index is 1.89. The van der Waals surface area contributed by atoms with Crippen LogP contribution in [-0.4, -0.2) is 32.1 Å². The Bertz CT molecular complexity index is 398. The number of nitrogens with one attached hydrogen (secondary N) is 1. The predicted octanol–water partition coefficient (Wildman–Crippen LogP) is 3.19. The van der Waals surface area contributed by atoms with Crippen molar-refractivity contribution in [2.45, 2.75) is 25.2 Å². The van der Waals surface area contributed by atoms with Gasteiger partial charge < -0.3 is 14.8 Å². The Hall–Kier alpha value is -0.870. The summed E-state index contributed by atoms with van der Waals surface area (Å²) in [4.78, 5) is 1.26. The first kappa shape index (κ1) is 14.5. The highest BCUT2D eigenvalue weighted by Gasteiger charge is 2.11. The molecule has 4 heteroatoms. The van der Waals surface area contributed by atoms with Crippen molar-refractivity contribution in [3.8, 4) is 11.5 Å². The van der Waals surface area contributed by atoms with E-state index in [1.807, 2.05) is 17.8 Å². The molecule has 1 atom stereocenters. The van der Waals surface area contributed by atoms with Gasteiger partial charge in [-0.2, -0.15) is 0 Å².